The van der Waals surface area contributed by atoms with Gasteiger partial charge < -0.3 is 10.6 Å². The van der Waals surface area contributed by atoms with Gasteiger partial charge in [-0.3, -0.25) is 4.99 Å². The number of halogens is 1. The first-order valence-electron chi connectivity index (χ1n) is 7.36. The quantitative estimate of drug-likeness (QED) is 0.641. The van der Waals surface area contributed by atoms with Crippen LogP contribution in [-0.4, -0.2) is 19.0 Å². The smallest absolute Gasteiger partial charge is 0.191 e. The fourth-order valence-electron chi connectivity index (χ4n) is 2.49. The Labute approximate surface area is 120 Å². The lowest BCUT2D eigenvalue weighted by molar-refractivity contribution is 0.617. The third kappa shape index (κ3) is 3.95. The van der Waals surface area contributed by atoms with E-state index in [1.54, 1.807) is 20.0 Å². The average Bonchev–Trinajstić information content (AvgIpc) is 3.17. The van der Waals surface area contributed by atoms with E-state index in [1.807, 2.05) is 6.07 Å². The van der Waals surface area contributed by atoms with Gasteiger partial charge in [0.2, 0.25) is 0 Å². The summed E-state index contributed by atoms with van der Waals surface area (Å²) in [6.07, 6.45) is 3.76. The number of aliphatic imine (C=N–C) groups is 1. The van der Waals surface area contributed by atoms with Gasteiger partial charge >= 0.3 is 0 Å². The number of benzene rings is 1. The van der Waals surface area contributed by atoms with E-state index in [0.717, 1.165) is 17.4 Å². The highest BCUT2D eigenvalue weighted by Crippen LogP contribution is 2.34. The zero-order valence-corrected chi connectivity index (χ0v) is 12.5. The fourth-order valence-corrected chi connectivity index (χ4v) is 2.49. The summed E-state index contributed by atoms with van der Waals surface area (Å²) in [4.78, 5) is 4.24. The van der Waals surface area contributed by atoms with Crippen molar-refractivity contribution >= 4 is 5.96 Å². The minimum absolute atomic E-state index is 0.156. The molecule has 1 aliphatic rings. The number of rotatable bonds is 5. The Balaban J connectivity index is 1.81. The maximum atomic E-state index is 13.2. The molecule has 2 atom stereocenters. The molecule has 0 spiro atoms. The normalized spacial score (nSPS) is 21.7. The maximum Gasteiger partial charge on any atom is 0.191 e. The Bertz CT molecular complexity index is 485. The second-order valence-electron chi connectivity index (χ2n) is 5.54. The molecule has 1 aliphatic carbocycles. The van der Waals surface area contributed by atoms with Gasteiger partial charge in [-0.05, 0) is 42.9 Å². The number of hydrogen-bond acceptors (Lipinski definition) is 1. The van der Waals surface area contributed by atoms with E-state index >= 15 is 0 Å². The highest BCUT2D eigenvalue weighted by molar-refractivity contribution is 5.80. The van der Waals surface area contributed by atoms with Crippen LogP contribution in [0, 0.1) is 18.7 Å². The molecule has 0 heterocycles. The monoisotopic (exact) mass is 277 g/mol. The summed E-state index contributed by atoms with van der Waals surface area (Å²) < 4.78 is 13.2. The summed E-state index contributed by atoms with van der Waals surface area (Å²) in [7, 11) is 1.78. The summed E-state index contributed by atoms with van der Waals surface area (Å²) in [5.41, 5.74) is 1.74. The summed E-state index contributed by atoms with van der Waals surface area (Å²) in [6.45, 7) is 4.66. The summed E-state index contributed by atoms with van der Waals surface area (Å²) >= 11 is 0. The molecule has 20 heavy (non-hydrogen) atoms. The molecule has 0 radical (unpaired) electrons. The summed E-state index contributed by atoms with van der Waals surface area (Å²) in [5, 5.41) is 6.72. The third-order valence-electron chi connectivity index (χ3n) is 3.81. The minimum Gasteiger partial charge on any atom is -0.353 e. The van der Waals surface area contributed by atoms with Crippen molar-refractivity contribution in [3.8, 4) is 0 Å². The van der Waals surface area contributed by atoms with Crippen molar-refractivity contribution in [2.45, 2.75) is 45.7 Å². The third-order valence-corrected chi connectivity index (χ3v) is 3.81. The Hall–Kier alpha value is -1.58. The first kappa shape index (κ1) is 14.8. The van der Waals surface area contributed by atoms with Crippen molar-refractivity contribution in [1.29, 1.82) is 0 Å². The molecule has 1 aromatic rings. The molecule has 2 unspecified atom stereocenters. The summed E-state index contributed by atoms with van der Waals surface area (Å²) in [5.74, 6) is 1.47. The molecule has 4 heteroatoms. The first-order valence-corrected chi connectivity index (χ1v) is 7.36. The van der Waals surface area contributed by atoms with Gasteiger partial charge in [-0.2, -0.15) is 0 Å². The molecule has 0 aliphatic heterocycles. The van der Waals surface area contributed by atoms with Gasteiger partial charge in [0.15, 0.2) is 5.96 Å². The van der Waals surface area contributed by atoms with Crippen molar-refractivity contribution < 1.29 is 4.39 Å². The van der Waals surface area contributed by atoms with Crippen molar-refractivity contribution in [3.05, 3.63) is 35.1 Å². The lowest BCUT2D eigenvalue weighted by atomic mass is 10.1. The van der Waals surface area contributed by atoms with Crippen LogP contribution in [0.15, 0.2) is 23.2 Å². The van der Waals surface area contributed by atoms with Crippen LogP contribution in [0.2, 0.25) is 0 Å². The number of nitrogens with zero attached hydrogens (tertiary/aromatic N) is 1. The average molecular weight is 277 g/mol. The highest BCUT2D eigenvalue weighted by Gasteiger charge is 2.36. The van der Waals surface area contributed by atoms with Crippen molar-refractivity contribution in [1.82, 2.24) is 10.6 Å². The topological polar surface area (TPSA) is 36.4 Å². The zero-order chi connectivity index (χ0) is 14.5. The molecule has 0 bridgehead atoms. The van der Waals surface area contributed by atoms with Crippen LogP contribution in [-0.2, 0) is 6.54 Å². The van der Waals surface area contributed by atoms with Gasteiger partial charge in [0.1, 0.15) is 5.82 Å². The van der Waals surface area contributed by atoms with Gasteiger partial charge in [0.05, 0.1) is 0 Å². The van der Waals surface area contributed by atoms with Crippen molar-refractivity contribution in [3.63, 3.8) is 0 Å². The van der Waals surface area contributed by atoms with Gasteiger partial charge in [0, 0.05) is 19.6 Å². The lowest BCUT2D eigenvalue weighted by Crippen LogP contribution is -2.38. The van der Waals surface area contributed by atoms with E-state index in [2.05, 4.69) is 22.5 Å². The molecule has 0 saturated heterocycles. The number of aryl methyl sites for hydroxylation is 1. The Morgan fingerprint density at radius 3 is 2.90 bits per heavy atom. The van der Waals surface area contributed by atoms with E-state index in [1.165, 1.54) is 25.3 Å². The molecule has 2 N–H and O–H groups in total. The zero-order valence-electron chi connectivity index (χ0n) is 12.5. The molecule has 3 nitrogen and oxygen atoms in total. The second-order valence-corrected chi connectivity index (χ2v) is 5.54. The fraction of sp³-hybridized carbons (Fsp3) is 0.562. The van der Waals surface area contributed by atoms with E-state index in [4.69, 9.17) is 0 Å². The van der Waals surface area contributed by atoms with Crippen molar-refractivity contribution in [2.75, 3.05) is 7.05 Å². The van der Waals surface area contributed by atoms with Crippen LogP contribution in [0.3, 0.4) is 0 Å². The van der Waals surface area contributed by atoms with Gasteiger partial charge in [-0.1, -0.05) is 25.5 Å². The van der Waals surface area contributed by atoms with Crippen LogP contribution in [0.1, 0.15) is 37.3 Å². The molecule has 0 amide bonds. The van der Waals surface area contributed by atoms with Crippen LogP contribution < -0.4 is 10.6 Å². The van der Waals surface area contributed by atoms with E-state index in [0.29, 0.717) is 18.2 Å². The summed E-state index contributed by atoms with van der Waals surface area (Å²) in [6, 6.07) is 5.75. The minimum atomic E-state index is -0.156. The molecular formula is C16H24FN3. The molecular weight excluding hydrogens is 253 g/mol. The molecule has 1 saturated carbocycles. The van der Waals surface area contributed by atoms with Crippen LogP contribution in [0.25, 0.3) is 0 Å². The Morgan fingerprint density at radius 1 is 1.45 bits per heavy atom. The SMILES string of the molecule is CCCC1CC1NC(=NC)NCc1ccc(F)c(C)c1. The van der Waals surface area contributed by atoms with Crippen LogP contribution >= 0.6 is 0 Å². The molecule has 0 aromatic heterocycles. The van der Waals surface area contributed by atoms with Gasteiger partial charge in [-0.15, -0.1) is 0 Å². The number of guanidine groups is 1. The van der Waals surface area contributed by atoms with Crippen LogP contribution in [0.5, 0.6) is 0 Å². The van der Waals surface area contributed by atoms with Gasteiger partial charge in [0.25, 0.3) is 0 Å². The maximum absolute atomic E-state index is 13.2. The highest BCUT2D eigenvalue weighted by atomic mass is 19.1. The number of hydrogen-bond donors (Lipinski definition) is 2. The largest absolute Gasteiger partial charge is 0.353 e. The molecule has 110 valence electrons. The number of nitrogens with one attached hydrogen (secondary N) is 2. The van der Waals surface area contributed by atoms with Crippen molar-refractivity contribution in [2.24, 2.45) is 10.9 Å². The predicted octanol–water partition coefficient (Wildman–Crippen LogP) is 2.99. The predicted molar refractivity (Wildman–Crippen MR) is 81.3 cm³/mol. The Morgan fingerprint density at radius 2 is 2.25 bits per heavy atom. The van der Waals surface area contributed by atoms with E-state index in [9.17, 15) is 4.39 Å². The molecule has 1 fully saturated rings. The molecule has 1 aromatic carbocycles. The first-order chi connectivity index (χ1) is 9.63. The standard InChI is InChI=1S/C16H24FN3/c1-4-5-13-9-15(13)20-16(18-3)19-10-12-6-7-14(17)11(2)8-12/h6-8,13,15H,4-5,9-10H2,1-3H3,(H2,18,19,20). The van der Waals surface area contributed by atoms with E-state index < -0.39 is 0 Å². The molecule has 2 rings (SSSR count). The van der Waals surface area contributed by atoms with Crippen LogP contribution in [0.4, 0.5) is 4.39 Å². The van der Waals surface area contributed by atoms with Gasteiger partial charge in [-0.25, -0.2) is 4.39 Å². The lowest BCUT2D eigenvalue weighted by Gasteiger charge is -2.12. The second kappa shape index (κ2) is 6.73. The van der Waals surface area contributed by atoms with E-state index in [-0.39, 0.29) is 5.82 Å². The Kier molecular flexibility index (Phi) is 4.99.